The van der Waals surface area contributed by atoms with Gasteiger partial charge in [-0.1, -0.05) is 0 Å². The van der Waals surface area contributed by atoms with E-state index in [1.807, 2.05) is 6.07 Å². The highest BCUT2D eigenvalue weighted by Gasteiger charge is 2.20. The topological polar surface area (TPSA) is 63.4 Å². The van der Waals surface area contributed by atoms with E-state index in [2.05, 4.69) is 0 Å². The molecule has 0 radical (unpaired) electrons. The van der Waals surface area contributed by atoms with Crippen LogP contribution in [0.1, 0.15) is 5.56 Å². The fourth-order valence-corrected chi connectivity index (χ4v) is 2.21. The Morgan fingerprint density at radius 3 is 2.85 bits per heavy atom. The van der Waals surface area contributed by atoms with Gasteiger partial charge < -0.3 is 5.73 Å². The van der Waals surface area contributed by atoms with Crippen molar-refractivity contribution in [3.63, 3.8) is 0 Å². The highest BCUT2D eigenvalue weighted by molar-refractivity contribution is 7.74. The summed E-state index contributed by atoms with van der Waals surface area (Å²) in [5, 5.41) is 0. The summed E-state index contributed by atoms with van der Waals surface area (Å²) in [6, 6.07) is 5.30. The summed E-state index contributed by atoms with van der Waals surface area (Å²) in [7, 11) is -2.51. The highest BCUT2D eigenvalue weighted by atomic mass is 32.2. The van der Waals surface area contributed by atoms with Gasteiger partial charge in [-0.2, -0.15) is 0 Å². The van der Waals surface area contributed by atoms with Crippen LogP contribution in [-0.4, -0.2) is 15.0 Å². The maximum absolute atomic E-state index is 10.8. The minimum absolute atomic E-state index is 0.539. The third kappa shape index (κ3) is 1.35. The number of thiol groups is 1. The van der Waals surface area contributed by atoms with E-state index in [-0.39, 0.29) is 0 Å². The lowest BCUT2D eigenvalue weighted by molar-refractivity contribution is 0.611. The molecule has 4 nitrogen and oxygen atoms in total. The zero-order chi connectivity index (χ0) is 9.42. The van der Waals surface area contributed by atoms with Gasteiger partial charge in [-0.25, -0.2) is 8.42 Å². The molecule has 0 bridgehead atoms. The lowest BCUT2D eigenvalue weighted by Crippen LogP contribution is -2.17. The zero-order valence-corrected chi connectivity index (χ0v) is 7.83. The quantitative estimate of drug-likeness (QED) is 0.499. The molecule has 0 aliphatic carbocycles. The largest absolute Gasteiger partial charge is 0.399 e. The fourth-order valence-electron chi connectivity index (χ4n) is 1.57. The van der Waals surface area contributed by atoms with E-state index in [1.54, 1.807) is 12.1 Å². The molecule has 0 aromatic heterocycles. The molecular formula is C8H10N2O2S. The molecule has 0 amide bonds. The number of nitrogens with zero attached hydrogens (tertiary/aromatic N) is 1. The molecular weight excluding hydrogens is 188 g/mol. The molecule has 1 aliphatic rings. The van der Waals surface area contributed by atoms with Crippen LogP contribution in [0.3, 0.4) is 0 Å². The number of nitrogens with two attached hydrogens (primary N) is 1. The van der Waals surface area contributed by atoms with Crippen molar-refractivity contribution in [2.75, 3.05) is 16.6 Å². The van der Waals surface area contributed by atoms with E-state index in [1.165, 1.54) is 4.31 Å². The first-order valence-electron chi connectivity index (χ1n) is 3.99. The van der Waals surface area contributed by atoms with Gasteiger partial charge >= 0.3 is 0 Å². The normalized spacial score (nSPS) is 15.0. The molecule has 0 atom stereocenters. The van der Waals surface area contributed by atoms with Crippen molar-refractivity contribution in [1.82, 2.24) is 0 Å². The Kier molecular flexibility index (Phi) is 1.88. The Bertz CT molecular complexity index is 407. The SMILES string of the molecule is Nc1ccc2c(c1)CCN2[SH](=O)=O. The predicted molar refractivity (Wildman–Crippen MR) is 52.2 cm³/mol. The van der Waals surface area contributed by atoms with Crippen LogP contribution in [-0.2, 0) is 17.3 Å². The number of hydrogen-bond donors (Lipinski definition) is 2. The second-order valence-corrected chi connectivity index (χ2v) is 3.96. The molecule has 0 fully saturated rings. The summed E-state index contributed by atoms with van der Waals surface area (Å²) < 4.78 is 22.9. The second-order valence-electron chi connectivity index (χ2n) is 3.00. The Balaban J connectivity index is 2.49. The van der Waals surface area contributed by atoms with E-state index in [9.17, 15) is 8.42 Å². The van der Waals surface area contributed by atoms with Gasteiger partial charge in [0.2, 0.25) is 10.9 Å². The first kappa shape index (κ1) is 8.37. The minimum atomic E-state index is -2.51. The highest BCUT2D eigenvalue weighted by Crippen LogP contribution is 2.29. The molecule has 0 unspecified atom stereocenters. The van der Waals surface area contributed by atoms with Crippen LogP contribution in [0.4, 0.5) is 11.4 Å². The van der Waals surface area contributed by atoms with E-state index in [0.29, 0.717) is 12.2 Å². The van der Waals surface area contributed by atoms with Crippen LogP contribution in [0.2, 0.25) is 0 Å². The van der Waals surface area contributed by atoms with Crippen molar-refractivity contribution in [3.8, 4) is 0 Å². The first-order chi connectivity index (χ1) is 6.18. The van der Waals surface area contributed by atoms with Crippen LogP contribution in [0.15, 0.2) is 18.2 Å². The Morgan fingerprint density at radius 1 is 1.38 bits per heavy atom. The maximum Gasteiger partial charge on any atom is 0.225 e. The number of hydrogen-bond acceptors (Lipinski definition) is 3. The standard InChI is InChI=1S/C8H10N2O2S/c9-7-1-2-8-6(5-7)3-4-10(8)13(11)12/h1-2,5,13H,3-4,9H2. The fraction of sp³-hybridized carbons (Fsp3) is 0.250. The van der Waals surface area contributed by atoms with Crippen molar-refractivity contribution in [2.24, 2.45) is 0 Å². The lowest BCUT2D eigenvalue weighted by atomic mass is 10.1. The monoisotopic (exact) mass is 198 g/mol. The molecule has 0 spiro atoms. The van der Waals surface area contributed by atoms with Crippen LogP contribution in [0.25, 0.3) is 0 Å². The summed E-state index contributed by atoms with van der Waals surface area (Å²) in [5.41, 5.74) is 8.05. The van der Waals surface area contributed by atoms with Gasteiger partial charge in [0.15, 0.2) is 0 Å². The Hall–Kier alpha value is -1.23. The van der Waals surface area contributed by atoms with Crippen molar-refractivity contribution in [3.05, 3.63) is 23.8 Å². The smallest absolute Gasteiger partial charge is 0.225 e. The molecule has 13 heavy (non-hydrogen) atoms. The van der Waals surface area contributed by atoms with Crippen LogP contribution < -0.4 is 10.0 Å². The minimum Gasteiger partial charge on any atom is -0.399 e. The number of fused-ring (bicyclic) bond motifs is 1. The van der Waals surface area contributed by atoms with Crippen molar-refractivity contribution in [1.29, 1.82) is 0 Å². The number of benzene rings is 1. The predicted octanol–water partition coefficient (Wildman–Crippen LogP) is 0.158. The van der Waals surface area contributed by atoms with E-state index in [0.717, 1.165) is 17.7 Å². The van der Waals surface area contributed by atoms with E-state index in [4.69, 9.17) is 5.73 Å². The second kappa shape index (κ2) is 2.92. The number of rotatable bonds is 1. The molecule has 1 heterocycles. The number of anilines is 2. The first-order valence-corrected chi connectivity index (χ1v) is 5.12. The molecule has 1 aliphatic heterocycles. The van der Waals surface area contributed by atoms with E-state index >= 15 is 0 Å². The summed E-state index contributed by atoms with van der Waals surface area (Å²) in [4.78, 5) is 0. The summed E-state index contributed by atoms with van der Waals surface area (Å²) in [5.74, 6) is 0. The van der Waals surface area contributed by atoms with Crippen LogP contribution in [0.5, 0.6) is 0 Å². The molecule has 0 saturated carbocycles. The van der Waals surface area contributed by atoms with Gasteiger partial charge in [-0.15, -0.1) is 0 Å². The van der Waals surface area contributed by atoms with Gasteiger partial charge in [-0.05, 0) is 30.2 Å². The van der Waals surface area contributed by atoms with E-state index < -0.39 is 10.9 Å². The third-order valence-electron chi connectivity index (χ3n) is 2.17. The van der Waals surface area contributed by atoms with Crippen molar-refractivity contribution < 1.29 is 8.42 Å². The lowest BCUT2D eigenvalue weighted by Gasteiger charge is -2.09. The molecule has 2 N–H and O–H groups in total. The van der Waals surface area contributed by atoms with Crippen molar-refractivity contribution >= 4 is 22.3 Å². The molecule has 70 valence electrons. The third-order valence-corrected chi connectivity index (χ3v) is 2.98. The Morgan fingerprint density at radius 2 is 2.15 bits per heavy atom. The number of nitrogen functional groups attached to an aromatic ring is 1. The summed E-state index contributed by atoms with van der Waals surface area (Å²) in [6.07, 6.45) is 0.754. The van der Waals surface area contributed by atoms with Crippen molar-refractivity contribution in [2.45, 2.75) is 6.42 Å². The molecule has 1 aromatic carbocycles. The average Bonchev–Trinajstić information content (AvgIpc) is 2.46. The summed E-state index contributed by atoms with van der Waals surface area (Å²) in [6.45, 7) is 0.539. The van der Waals surface area contributed by atoms with Gasteiger partial charge in [0, 0.05) is 12.2 Å². The zero-order valence-electron chi connectivity index (χ0n) is 6.93. The average molecular weight is 198 g/mol. The Labute approximate surface area is 78.0 Å². The van der Waals surface area contributed by atoms with Gasteiger partial charge in [0.05, 0.1) is 5.69 Å². The summed E-state index contributed by atoms with van der Waals surface area (Å²) >= 11 is 0. The molecule has 2 rings (SSSR count). The maximum atomic E-state index is 10.8. The molecule has 5 heteroatoms. The molecule has 0 saturated heterocycles. The van der Waals surface area contributed by atoms with Crippen LogP contribution in [0, 0.1) is 0 Å². The van der Waals surface area contributed by atoms with Gasteiger partial charge in [0.1, 0.15) is 0 Å². The van der Waals surface area contributed by atoms with Gasteiger partial charge in [-0.3, -0.25) is 4.31 Å². The van der Waals surface area contributed by atoms with Gasteiger partial charge in [0.25, 0.3) is 0 Å². The van der Waals surface area contributed by atoms with Crippen LogP contribution >= 0.6 is 0 Å². The molecule has 1 aromatic rings.